The molecule has 4 nitrogen and oxygen atoms in total. The number of rotatable bonds is 8. The Morgan fingerprint density at radius 1 is 1.08 bits per heavy atom. The minimum atomic E-state index is -0.0744. The number of carbonyl (C=O) groups is 1. The largest absolute Gasteiger partial charge is 0.492 e. The average molecular weight is 327 g/mol. The highest BCUT2D eigenvalue weighted by Crippen LogP contribution is 2.16. The summed E-state index contributed by atoms with van der Waals surface area (Å²) in [5, 5.41) is 0. The molecule has 0 unspecified atom stereocenters. The molecule has 1 aromatic carbocycles. The van der Waals surface area contributed by atoms with Gasteiger partial charge in [-0.15, -0.1) is 0 Å². The fourth-order valence-corrected chi connectivity index (χ4v) is 2.52. The van der Waals surface area contributed by atoms with Gasteiger partial charge in [0.05, 0.1) is 13.2 Å². The highest BCUT2D eigenvalue weighted by atomic mass is 16.5. The third-order valence-corrected chi connectivity index (χ3v) is 3.83. The molecule has 1 heterocycles. The van der Waals surface area contributed by atoms with E-state index in [4.69, 9.17) is 9.47 Å². The van der Waals surface area contributed by atoms with Gasteiger partial charge in [-0.1, -0.05) is 12.1 Å². The second kappa shape index (κ2) is 8.39. The first-order chi connectivity index (χ1) is 11.5. The number of aryl methyl sites for hydroxylation is 2. The molecule has 0 saturated heterocycles. The van der Waals surface area contributed by atoms with Crippen molar-refractivity contribution >= 4 is 11.9 Å². The van der Waals surface area contributed by atoms with E-state index in [0.29, 0.717) is 19.0 Å². The van der Waals surface area contributed by atoms with Crippen LogP contribution in [0.4, 0.5) is 0 Å². The lowest BCUT2D eigenvalue weighted by Crippen LogP contribution is -2.10. The lowest BCUT2D eigenvalue weighted by Gasteiger charge is -2.11. The Morgan fingerprint density at radius 2 is 1.71 bits per heavy atom. The molecule has 0 spiro atoms. The zero-order valence-electron chi connectivity index (χ0n) is 14.8. The van der Waals surface area contributed by atoms with Gasteiger partial charge in [-0.05, 0) is 56.7 Å². The highest BCUT2D eigenvalue weighted by molar-refractivity contribution is 5.95. The van der Waals surface area contributed by atoms with Gasteiger partial charge < -0.3 is 14.0 Å². The number of nitrogens with zero attached hydrogens (tertiary/aromatic N) is 1. The van der Waals surface area contributed by atoms with E-state index in [9.17, 15) is 4.79 Å². The van der Waals surface area contributed by atoms with Gasteiger partial charge in [0, 0.05) is 18.3 Å². The number of ketones is 1. The monoisotopic (exact) mass is 327 g/mol. The third-order valence-electron chi connectivity index (χ3n) is 3.83. The molecule has 4 heteroatoms. The summed E-state index contributed by atoms with van der Waals surface area (Å²) in [5.74, 6) is 1.12. The fraction of sp³-hybridized carbons (Fsp3) is 0.350. The van der Waals surface area contributed by atoms with E-state index in [0.717, 1.165) is 17.9 Å². The molecular formula is C20H25NO3. The number of aromatic nitrogens is 1. The van der Waals surface area contributed by atoms with Crippen LogP contribution in [0.2, 0.25) is 0 Å². The summed E-state index contributed by atoms with van der Waals surface area (Å²) in [6.07, 6.45) is 1.75. The molecule has 1 aromatic heterocycles. The van der Waals surface area contributed by atoms with Gasteiger partial charge in [-0.3, -0.25) is 4.79 Å². The van der Waals surface area contributed by atoms with Crippen molar-refractivity contribution in [2.75, 3.05) is 13.2 Å². The zero-order valence-corrected chi connectivity index (χ0v) is 14.8. The molecule has 0 radical (unpaired) electrons. The molecule has 0 atom stereocenters. The summed E-state index contributed by atoms with van der Waals surface area (Å²) in [6.45, 7) is 9.48. The molecule has 0 aliphatic carbocycles. The lowest BCUT2D eigenvalue weighted by atomic mass is 10.2. The Kier molecular flexibility index (Phi) is 6.24. The molecule has 0 aliphatic heterocycles. The van der Waals surface area contributed by atoms with E-state index in [2.05, 4.69) is 30.5 Å². The Balaban J connectivity index is 1.94. The average Bonchev–Trinajstić information content (AvgIpc) is 2.87. The van der Waals surface area contributed by atoms with Crippen LogP contribution < -0.4 is 4.74 Å². The van der Waals surface area contributed by atoms with Gasteiger partial charge in [0.15, 0.2) is 11.5 Å². The van der Waals surface area contributed by atoms with Crippen molar-refractivity contribution < 1.29 is 14.3 Å². The minimum absolute atomic E-state index is 0.0744. The van der Waals surface area contributed by atoms with E-state index in [1.54, 1.807) is 6.08 Å². The molecule has 2 aromatic rings. The first-order valence-electron chi connectivity index (χ1n) is 8.22. The van der Waals surface area contributed by atoms with E-state index in [-0.39, 0.29) is 5.78 Å². The van der Waals surface area contributed by atoms with Gasteiger partial charge in [0.1, 0.15) is 12.4 Å². The number of allylic oxidation sites excluding steroid dienone is 1. The number of Topliss-reactive ketones (excluding diaryl/α,β-unsaturated/α-hetero) is 1. The highest BCUT2D eigenvalue weighted by Gasteiger charge is 2.05. The molecule has 0 saturated carbocycles. The molecule has 2 rings (SSSR count). The number of ether oxygens (including phenoxy) is 2. The fourth-order valence-electron chi connectivity index (χ4n) is 2.52. The molecule has 0 fully saturated rings. The molecule has 0 N–H and O–H groups in total. The van der Waals surface area contributed by atoms with Crippen LogP contribution in [0, 0.1) is 13.8 Å². The Morgan fingerprint density at radius 3 is 2.25 bits per heavy atom. The summed E-state index contributed by atoms with van der Waals surface area (Å²) >= 11 is 0. The number of benzene rings is 1. The zero-order chi connectivity index (χ0) is 17.5. The van der Waals surface area contributed by atoms with Gasteiger partial charge >= 0.3 is 0 Å². The maximum Gasteiger partial charge on any atom is 0.194 e. The maximum atomic E-state index is 11.5. The van der Waals surface area contributed by atoms with Crippen LogP contribution in [-0.2, 0) is 16.1 Å². The smallest absolute Gasteiger partial charge is 0.194 e. The number of hydrogen-bond acceptors (Lipinski definition) is 3. The van der Waals surface area contributed by atoms with E-state index >= 15 is 0 Å². The van der Waals surface area contributed by atoms with Crippen LogP contribution in [0.3, 0.4) is 0 Å². The number of carbonyl (C=O) groups excluding carboxylic acids is 1. The molecular weight excluding hydrogens is 302 g/mol. The SMILES string of the molecule is CCO/C(=C\c1ccc(OCCn2c(C)ccc2C)cc1)C(C)=O. The van der Waals surface area contributed by atoms with Crippen molar-refractivity contribution in [1.82, 2.24) is 4.57 Å². The second-order valence-corrected chi connectivity index (χ2v) is 5.68. The van der Waals surface area contributed by atoms with Crippen LogP contribution in [0.25, 0.3) is 6.08 Å². The number of hydrogen-bond donors (Lipinski definition) is 0. The molecule has 0 bridgehead atoms. The Bertz CT molecular complexity index is 691. The predicted molar refractivity (Wildman–Crippen MR) is 96.1 cm³/mol. The Labute approximate surface area is 143 Å². The van der Waals surface area contributed by atoms with Gasteiger partial charge in [0.2, 0.25) is 0 Å². The van der Waals surface area contributed by atoms with Crippen LogP contribution in [-0.4, -0.2) is 23.6 Å². The first kappa shape index (κ1) is 17.9. The topological polar surface area (TPSA) is 40.5 Å². The standard InChI is InChI=1S/C20H25NO3/c1-5-23-20(17(4)22)14-18-8-10-19(11-9-18)24-13-12-21-15(2)6-7-16(21)3/h6-11,14H,5,12-13H2,1-4H3/b20-14-. The van der Waals surface area contributed by atoms with Gasteiger partial charge in [-0.2, -0.15) is 0 Å². The summed E-state index contributed by atoms with van der Waals surface area (Å²) in [4.78, 5) is 11.5. The van der Waals surface area contributed by atoms with Crippen LogP contribution in [0.1, 0.15) is 30.8 Å². The second-order valence-electron chi connectivity index (χ2n) is 5.68. The predicted octanol–water partition coefficient (Wildman–Crippen LogP) is 4.15. The first-order valence-corrected chi connectivity index (χ1v) is 8.22. The molecule has 128 valence electrons. The lowest BCUT2D eigenvalue weighted by molar-refractivity contribution is -0.116. The van der Waals surface area contributed by atoms with Crippen LogP contribution >= 0.6 is 0 Å². The third kappa shape index (κ3) is 4.75. The van der Waals surface area contributed by atoms with Gasteiger partial charge in [-0.25, -0.2) is 0 Å². The maximum absolute atomic E-state index is 11.5. The summed E-state index contributed by atoms with van der Waals surface area (Å²) in [5.41, 5.74) is 3.40. The summed E-state index contributed by atoms with van der Waals surface area (Å²) in [6, 6.07) is 11.9. The molecule has 24 heavy (non-hydrogen) atoms. The van der Waals surface area contributed by atoms with Gasteiger partial charge in [0.25, 0.3) is 0 Å². The summed E-state index contributed by atoms with van der Waals surface area (Å²) < 4.78 is 13.4. The minimum Gasteiger partial charge on any atom is -0.492 e. The molecule has 0 aliphatic rings. The van der Waals surface area contributed by atoms with Crippen molar-refractivity contribution in [2.45, 2.75) is 34.2 Å². The summed E-state index contributed by atoms with van der Waals surface area (Å²) in [7, 11) is 0. The van der Waals surface area contributed by atoms with Crippen molar-refractivity contribution in [3.8, 4) is 5.75 Å². The van der Waals surface area contributed by atoms with Crippen molar-refractivity contribution in [2.24, 2.45) is 0 Å². The molecule has 0 amide bonds. The Hall–Kier alpha value is -2.49. The van der Waals surface area contributed by atoms with E-state index < -0.39 is 0 Å². The van der Waals surface area contributed by atoms with Crippen LogP contribution in [0.5, 0.6) is 5.75 Å². The normalized spacial score (nSPS) is 11.4. The van der Waals surface area contributed by atoms with Crippen LogP contribution in [0.15, 0.2) is 42.2 Å². The van der Waals surface area contributed by atoms with Crippen molar-refractivity contribution in [1.29, 1.82) is 0 Å². The van der Waals surface area contributed by atoms with Crippen molar-refractivity contribution in [3.05, 3.63) is 59.1 Å². The van der Waals surface area contributed by atoms with Crippen molar-refractivity contribution in [3.63, 3.8) is 0 Å². The van der Waals surface area contributed by atoms with E-state index in [1.807, 2.05) is 31.2 Å². The quantitative estimate of drug-likeness (QED) is 0.540. The van der Waals surface area contributed by atoms with E-state index in [1.165, 1.54) is 18.3 Å².